The molecule has 0 atom stereocenters. The third kappa shape index (κ3) is 4.11. The predicted octanol–water partition coefficient (Wildman–Crippen LogP) is 3.16. The van der Waals surface area contributed by atoms with E-state index in [2.05, 4.69) is 38.0 Å². The lowest BCUT2D eigenvalue weighted by Crippen LogP contribution is -2.39. The van der Waals surface area contributed by atoms with Gasteiger partial charge in [-0.2, -0.15) is 0 Å². The predicted molar refractivity (Wildman–Crippen MR) is 115 cm³/mol. The van der Waals surface area contributed by atoms with Crippen LogP contribution >= 0.6 is 0 Å². The number of fused-ring (bicyclic) bond motifs is 2. The molecule has 3 aromatic rings. The summed E-state index contributed by atoms with van der Waals surface area (Å²) in [6, 6.07) is 13.8. The number of hydrogen-bond acceptors (Lipinski definition) is 5. The Morgan fingerprint density at radius 3 is 2.73 bits per heavy atom. The molecule has 5 rings (SSSR count). The fourth-order valence-corrected chi connectivity index (χ4v) is 4.29. The van der Waals surface area contributed by atoms with Crippen LogP contribution in [0.2, 0.25) is 0 Å². The highest BCUT2D eigenvalue weighted by Crippen LogP contribution is 2.32. The molecule has 1 amide bonds. The zero-order valence-electron chi connectivity index (χ0n) is 16.9. The average Bonchev–Trinajstić information content (AvgIpc) is 3.18. The number of hydrogen-bond donors (Lipinski definition) is 1. The van der Waals surface area contributed by atoms with E-state index in [4.69, 9.17) is 9.47 Å². The number of para-hydroxylation sites is 2. The standard InChI is InChI=1S/C23H26N4O3/c28-23(25-18-5-6-21-22(13-18)30-12-11-29-21)15-26-9-7-17(8-10-26)14-27-16-24-19-3-1-2-4-20(19)27/h1-6,13,16-17H,7-12,14-15H2,(H,25,28). The largest absolute Gasteiger partial charge is 0.486 e. The Morgan fingerprint density at radius 2 is 1.87 bits per heavy atom. The molecule has 0 bridgehead atoms. The zero-order chi connectivity index (χ0) is 20.3. The van der Waals surface area contributed by atoms with Gasteiger partial charge in [-0.25, -0.2) is 4.98 Å². The number of ether oxygens (including phenoxy) is 2. The number of nitrogens with zero attached hydrogens (tertiary/aromatic N) is 3. The molecule has 1 fully saturated rings. The maximum absolute atomic E-state index is 12.5. The maximum atomic E-state index is 12.5. The SMILES string of the molecule is O=C(CN1CCC(Cn2cnc3ccccc32)CC1)Nc1ccc2c(c1)OCCO2. The van der Waals surface area contributed by atoms with Gasteiger partial charge in [0.25, 0.3) is 0 Å². The summed E-state index contributed by atoms with van der Waals surface area (Å²) in [6.07, 6.45) is 4.12. The molecule has 1 N–H and O–H groups in total. The van der Waals surface area contributed by atoms with Crippen LogP contribution in [0.15, 0.2) is 48.8 Å². The van der Waals surface area contributed by atoms with Gasteiger partial charge >= 0.3 is 0 Å². The Morgan fingerprint density at radius 1 is 1.07 bits per heavy atom. The van der Waals surface area contributed by atoms with E-state index in [-0.39, 0.29) is 5.91 Å². The molecule has 0 aliphatic carbocycles. The van der Waals surface area contributed by atoms with E-state index in [9.17, 15) is 4.79 Å². The Bertz CT molecular complexity index is 1040. The van der Waals surface area contributed by atoms with Gasteiger partial charge in [0.2, 0.25) is 5.91 Å². The first-order valence-corrected chi connectivity index (χ1v) is 10.6. The first kappa shape index (κ1) is 18.9. The third-order valence-electron chi connectivity index (χ3n) is 5.88. The molecule has 7 nitrogen and oxygen atoms in total. The summed E-state index contributed by atoms with van der Waals surface area (Å²) in [5.74, 6) is 2.03. The molecule has 7 heteroatoms. The van der Waals surface area contributed by atoms with Crippen LogP contribution in [0.5, 0.6) is 11.5 Å². The van der Waals surface area contributed by atoms with E-state index in [1.807, 2.05) is 30.6 Å². The van der Waals surface area contributed by atoms with Gasteiger partial charge in [-0.15, -0.1) is 0 Å². The molecular weight excluding hydrogens is 380 g/mol. The Hall–Kier alpha value is -3.06. The first-order valence-electron chi connectivity index (χ1n) is 10.6. The Balaban J connectivity index is 1.11. The highest BCUT2D eigenvalue weighted by molar-refractivity contribution is 5.92. The number of carbonyl (C=O) groups is 1. The summed E-state index contributed by atoms with van der Waals surface area (Å²) in [5.41, 5.74) is 2.98. The summed E-state index contributed by atoms with van der Waals surface area (Å²) in [6.45, 7) is 4.37. The number of amides is 1. The van der Waals surface area contributed by atoms with Crippen LogP contribution in [-0.4, -0.2) is 53.2 Å². The van der Waals surface area contributed by atoms with Crippen LogP contribution < -0.4 is 14.8 Å². The number of benzene rings is 2. The second-order valence-corrected chi connectivity index (χ2v) is 8.01. The molecule has 1 saturated heterocycles. The molecule has 2 aliphatic heterocycles. The van der Waals surface area contributed by atoms with Crippen molar-refractivity contribution in [3.8, 4) is 11.5 Å². The molecule has 0 spiro atoms. The van der Waals surface area contributed by atoms with E-state index in [1.54, 1.807) is 0 Å². The van der Waals surface area contributed by atoms with Crippen LogP contribution in [0.4, 0.5) is 5.69 Å². The van der Waals surface area contributed by atoms with Gasteiger partial charge in [-0.05, 0) is 56.1 Å². The molecule has 0 saturated carbocycles. The molecule has 2 aromatic carbocycles. The number of likely N-dealkylation sites (tertiary alicyclic amines) is 1. The van der Waals surface area contributed by atoms with Crippen LogP contribution in [0.25, 0.3) is 11.0 Å². The van der Waals surface area contributed by atoms with Crippen molar-refractivity contribution < 1.29 is 14.3 Å². The first-order chi connectivity index (χ1) is 14.7. The lowest BCUT2D eigenvalue weighted by atomic mass is 9.96. The van der Waals surface area contributed by atoms with Gasteiger partial charge in [0, 0.05) is 18.3 Å². The molecule has 3 heterocycles. The van der Waals surface area contributed by atoms with E-state index < -0.39 is 0 Å². The van der Waals surface area contributed by atoms with Gasteiger partial charge in [0.05, 0.1) is 23.9 Å². The summed E-state index contributed by atoms with van der Waals surface area (Å²) in [7, 11) is 0. The minimum absolute atomic E-state index is 0.00531. The minimum Gasteiger partial charge on any atom is -0.486 e. The van der Waals surface area contributed by atoms with Crippen molar-refractivity contribution in [1.82, 2.24) is 14.5 Å². The van der Waals surface area contributed by atoms with Crippen molar-refractivity contribution in [2.75, 3.05) is 38.2 Å². The van der Waals surface area contributed by atoms with Crippen molar-refractivity contribution in [2.24, 2.45) is 5.92 Å². The summed E-state index contributed by atoms with van der Waals surface area (Å²) >= 11 is 0. The van der Waals surface area contributed by atoms with Gasteiger partial charge in [0.1, 0.15) is 13.2 Å². The maximum Gasteiger partial charge on any atom is 0.238 e. The van der Waals surface area contributed by atoms with Crippen molar-refractivity contribution in [3.63, 3.8) is 0 Å². The second kappa shape index (κ2) is 8.36. The van der Waals surface area contributed by atoms with Crippen molar-refractivity contribution in [2.45, 2.75) is 19.4 Å². The van der Waals surface area contributed by atoms with Crippen LogP contribution in [-0.2, 0) is 11.3 Å². The normalized spacial score (nSPS) is 17.2. The number of rotatable bonds is 5. The van der Waals surface area contributed by atoms with Crippen molar-refractivity contribution in [3.05, 3.63) is 48.8 Å². The number of anilines is 1. The summed E-state index contributed by atoms with van der Waals surface area (Å²) in [4.78, 5) is 19.2. The lowest BCUT2D eigenvalue weighted by molar-refractivity contribution is -0.117. The fourth-order valence-electron chi connectivity index (χ4n) is 4.29. The van der Waals surface area contributed by atoms with E-state index >= 15 is 0 Å². The molecule has 0 unspecified atom stereocenters. The Kier molecular flexibility index (Phi) is 5.27. The summed E-state index contributed by atoms with van der Waals surface area (Å²) < 4.78 is 13.4. The number of carbonyl (C=O) groups excluding carboxylic acids is 1. The number of piperidine rings is 1. The van der Waals surface area contributed by atoms with Gasteiger partial charge < -0.3 is 19.4 Å². The molecule has 2 aliphatic rings. The molecule has 30 heavy (non-hydrogen) atoms. The third-order valence-corrected chi connectivity index (χ3v) is 5.88. The van der Waals surface area contributed by atoms with Gasteiger partial charge in [-0.1, -0.05) is 12.1 Å². The van der Waals surface area contributed by atoms with Crippen molar-refractivity contribution >= 4 is 22.6 Å². The minimum atomic E-state index is 0.00531. The zero-order valence-corrected chi connectivity index (χ0v) is 16.9. The van der Waals surface area contributed by atoms with Gasteiger partial charge in [0.15, 0.2) is 11.5 Å². The van der Waals surface area contributed by atoms with E-state index in [0.29, 0.717) is 31.4 Å². The molecule has 1 aromatic heterocycles. The quantitative estimate of drug-likeness (QED) is 0.705. The van der Waals surface area contributed by atoms with Crippen LogP contribution in [0.3, 0.4) is 0 Å². The molecule has 0 radical (unpaired) electrons. The smallest absolute Gasteiger partial charge is 0.238 e. The van der Waals surface area contributed by atoms with Crippen LogP contribution in [0, 0.1) is 5.92 Å². The Labute approximate surface area is 175 Å². The topological polar surface area (TPSA) is 68.6 Å². The number of aromatic nitrogens is 2. The van der Waals surface area contributed by atoms with E-state index in [1.165, 1.54) is 5.52 Å². The second-order valence-electron chi connectivity index (χ2n) is 8.01. The number of nitrogens with one attached hydrogen (secondary N) is 1. The van der Waals surface area contributed by atoms with E-state index in [0.717, 1.165) is 49.4 Å². The van der Waals surface area contributed by atoms with Gasteiger partial charge in [-0.3, -0.25) is 9.69 Å². The number of imidazole rings is 1. The average molecular weight is 406 g/mol. The van der Waals surface area contributed by atoms with Crippen molar-refractivity contribution in [1.29, 1.82) is 0 Å². The fraction of sp³-hybridized carbons (Fsp3) is 0.391. The molecule has 156 valence electrons. The highest BCUT2D eigenvalue weighted by Gasteiger charge is 2.22. The highest BCUT2D eigenvalue weighted by atomic mass is 16.6. The molecular formula is C23H26N4O3. The monoisotopic (exact) mass is 406 g/mol. The summed E-state index contributed by atoms with van der Waals surface area (Å²) in [5, 5.41) is 2.98. The lowest BCUT2D eigenvalue weighted by Gasteiger charge is -2.31. The van der Waals surface area contributed by atoms with Crippen LogP contribution in [0.1, 0.15) is 12.8 Å².